The van der Waals surface area contributed by atoms with Crippen LogP contribution >= 0.6 is 0 Å². The number of rotatable bonds is 2. The molecule has 0 saturated carbocycles. The molecule has 2 heterocycles. The van der Waals surface area contributed by atoms with E-state index in [9.17, 15) is 4.79 Å². The summed E-state index contributed by atoms with van der Waals surface area (Å²) in [4.78, 5) is 16.7. The Labute approximate surface area is 125 Å². The van der Waals surface area contributed by atoms with Gasteiger partial charge in [-0.2, -0.15) is 0 Å². The molecule has 21 heavy (non-hydrogen) atoms. The molecule has 1 aromatic carbocycles. The number of nitrogen functional groups attached to an aromatic ring is 1. The molecule has 0 aromatic heterocycles. The normalized spacial score (nSPS) is 25.7. The first-order chi connectivity index (χ1) is 10.1. The third kappa shape index (κ3) is 2.58. The van der Waals surface area contributed by atoms with Gasteiger partial charge in [-0.1, -0.05) is 0 Å². The monoisotopic (exact) mass is 289 g/mol. The second kappa shape index (κ2) is 5.56. The van der Waals surface area contributed by atoms with Crippen molar-refractivity contribution in [1.82, 2.24) is 4.90 Å². The summed E-state index contributed by atoms with van der Waals surface area (Å²) in [6.45, 7) is 2.04. The number of methoxy groups -OCH3 is 1. The molecule has 0 radical (unpaired) electrons. The second-order valence-corrected chi connectivity index (χ2v) is 6.05. The molecule has 3 rings (SSSR count). The van der Waals surface area contributed by atoms with Crippen LogP contribution in [-0.2, 0) is 4.74 Å². The van der Waals surface area contributed by atoms with Crippen LogP contribution in [0.15, 0.2) is 18.2 Å². The summed E-state index contributed by atoms with van der Waals surface area (Å²) in [5.41, 5.74) is 7.87. The lowest BCUT2D eigenvalue weighted by atomic mass is 10.1. The highest BCUT2D eigenvalue weighted by Crippen LogP contribution is 2.31. The van der Waals surface area contributed by atoms with Crippen LogP contribution in [0.5, 0.6) is 0 Å². The van der Waals surface area contributed by atoms with Crippen molar-refractivity contribution in [3.05, 3.63) is 23.8 Å². The molecule has 2 aliphatic heterocycles. The number of anilines is 2. The van der Waals surface area contributed by atoms with Gasteiger partial charge >= 0.3 is 5.97 Å². The minimum Gasteiger partial charge on any atom is -0.465 e. The molecule has 1 aromatic rings. The van der Waals surface area contributed by atoms with Gasteiger partial charge in [0, 0.05) is 36.5 Å². The lowest BCUT2D eigenvalue weighted by molar-refractivity contribution is 0.0602. The third-order valence-electron chi connectivity index (χ3n) is 4.96. The first-order valence-electron chi connectivity index (χ1n) is 7.55. The molecule has 5 heteroatoms. The molecule has 2 atom stereocenters. The Morgan fingerprint density at radius 3 is 2.81 bits per heavy atom. The number of hydrogen-bond acceptors (Lipinski definition) is 5. The molecule has 2 bridgehead atoms. The third-order valence-corrected chi connectivity index (χ3v) is 4.96. The maximum atomic E-state index is 11.8. The molecular weight excluding hydrogens is 266 g/mol. The molecule has 0 aliphatic carbocycles. The number of nitrogens with two attached hydrogens (primary N) is 1. The molecule has 5 nitrogen and oxygen atoms in total. The zero-order valence-electron chi connectivity index (χ0n) is 12.7. The number of fused-ring (bicyclic) bond motifs is 2. The van der Waals surface area contributed by atoms with E-state index < -0.39 is 0 Å². The summed E-state index contributed by atoms with van der Waals surface area (Å²) < 4.78 is 4.80. The van der Waals surface area contributed by atoms with Gasteiger partial charge < -0.3 is 15.4 Å². The van der Waals surface area contributed by atoms with Crippen molar-refractivity contribution in [1.29, 1.82) is 0 Å². The van der Waals surface area contributed by atoms with E-state index in [1.54, 1.807) is 6.07 Å². The molecule has 2 N–H and O–H groups in total. The lowest BCUT2D eigenvalue weighted by Crippen LogP contribution is -2.36. The highest BCUT2D eigenvalue weighted by Gasteiger charge is 2.34. The number of carbonyl (C=O) groups excluding carboxylic acids is 1. The van der Waals surface area contributed by atoms with E-state index in [4.69, 9.17) is 10.5 Å². The summed E-state index contributed by atoms with van der Waals surface area (Å²) in [5, 5.41) is 0. The van der Waals surface area contributed by atoms with Crippen LogP contribution in [-0.4, -0.2) is 50.2 Å². The molecular formula is C16H23N3O2. The number of likely N-dealkylation sites (N-methyl/N-ethyl adjacent to an activating group) is 1. The van der Waals surface area contributed by atoms with E-state index in [2.05, 4.69) is 16.8 Å². The van der Waals surface area contributed by atoms with Gasteiger partial charge in [0.05, 0.1) is 12.7 Å². The van der Waals surface area contributed by atoms with Crippen LogP contribution in [0.25, 0.3) is 0 Å². The fourth-order valence-corrected chi connectivity index (χ4v) is 3.57. The highest BCUT2D eigenvalue weighted by molar-refractivity contribution is 5.96. The molecule has 2 saturated heterocycles. The van der Waals surface area contributed by atoms with Crippen LogP contribution in [0.1, 0.15) is 29.6 Å². The summed E-state index contributed by atoms with van der Waals surface area (Å²) in [7, 11) is 3.61. The van der Waals surface area contributed by atoms with Crippen LogP contribution < -0.4 is 10.6 Å². The summed E-state index contributed by atoms with van der Waals surface area (Å²) >= 11 is 0. The molecule has 2 fully saturated rings. The van der Waals surface area contributed by atoms with Crippen LogP contribution in [0.4, 0.5) is 11.4 Å². The summed E-state index contributed by atoms with van der Waals surface area (Å²) in [6.07, 6.45) is 3.74. The predicted molar refractivity (Wildman–Crippen MR) is 83.6 cm³/mol. The highest BCUT2D eigenvalue weighted by atomic mass is 16.5. The molecule has 2 aliphatic rings. The second-order valence-electron chi connectivity index (χ2n) is 6.05. The summed E-state index contributed by atoms with van der Waals surface area (Å²) in [5.74, 6) is -0.372. The van der Waals surface area contributed by atoms with E-state index >= 15 is 0 Å². The topological polar surface area (TPSA) is 58.8 Å². The quantitative estimate of drug-likeness (QED) is 0.664. The van der Waals surface area contributed by atoms with Crippen molar-refractivity contribution in [2.24, 2.45) is 0 Å². The van der Waals surface area contributed by atoms with Crippen molar-refractivity contribution in [3.8, 4) is 0 Å². The lowest BCUT2D eigenvalue weighted by Gasteiger charge is -2.28. The maximum Gasteiger partial charge on any atom is 0.340 e. The van der Waals surface area contributed by atoms with Gasteiger partial charge in [0.2, 0.25) is 0 Å². The molecule has 2 unspecified atom stereocenters. The van der Waals surface area contributed by atoms with Crippen LogP contribution in [0, 0.1) is 0 Å². The van der Waals surface area contributed by atoms with Crippen molar-refractivity contribution in [3.63, 3.8) is 0 Å². The van der Waals surface area contributed by atoms with Gasteiger partial charge in [0.15, 0.2) is 0 Å². The SMILES string of the molecule is COC(=O)c1cc(N2CCC3CCC(C2)N3C)ccc1N. The van der Waals surface area contributed by atoms with Crippen molar-refractivity contribution < 1.29 is 9.53 Å². The summed E-state index contributed by atoms with van der Waals surface area (Å²) in [6, 6.07) is 6.97. The Balaban J connectivity index is 1.85. The van der Waals surface area contributed by atoms with Gasteiger partial charge in [0.25, 0.3) is 0 Å². The van der Waals surface area contributed by atoms with Gasteiger partial charge in [-0.05, 0) is 44.5 Å². The van der Waals surface area contributed by atoms with Crippen molar-refractivity contribution in [2.45, 2.75) is 31.3 Å². The predicted octanol–water partition coefficient (Wildman–Crippen LogP) is 1.73. The number of esters is 1. The zero-order valence-corrected chi connectivity index (χ0v) is 12.7. The number of ether oxygens (including phenoxy) is 1. The van der Waals surface area contributed by atoms with E-state index in [0.29, 0.717) is 23.3 Å². The average Bonchev–Trinajstić information content (AvgIpc) is 2.72. The van der Waals surface area contributed by atoms with E-state index in [-0.39, 0.29) is 5.97 Å². The van der Waals surface area contributed by atoms with E-state index in [0.717, 1.165) is 18.8 Å². The zero-order chi connectivity index (χ0) is 15.0. The minimum absolute atomic E-state index is 0.372. The molecule has 0 spiro atoms. The molecule has 114 valence electrons. The van der Waals surface area contributed by atoms with E-state index in [1.165, 1.54) is 26.4 Å². The number of carbonyl (C=O) groups is 1. The van der Waals surface area contributed by atoms with Gasteiger partial charge in [-0.3, -0.25) is 4.90 Å². The Bertz CT molecular complexity index is 546. The van der Waals surface area contributed by atoms with Gasteiger partial charge in [-0.15, -0.1) is 0 Å². The van der Waals surface area contributed by atoms with E-state index in [1.807, 2.05) is 12.1 Å². The Morgan fingerprint density at radius 2 is 2.05 bits per heavy atom. The fourth-order valence-electron chi connectivity index (χ4n) is 3.57. The minimum atomic E-state index is -0.372. The van der Waals surface area contributed by atoms with Gasteiger partial charge in [0.1, 0.15) is 0 Å². The largest absolute Gasteiger partial charge is 0.465 e. The van der Waals surface area contributed by atoms with Crippen molar-refractivity contribution >= 4 is 17.3 Å². The number of benzene rings is 1. The molecule has 0 amide bonds. The standard InChI is InChI=1S/C16H23N3O2/c1-18-11-3-4-13(18)10-19(8-7-11)12-5-6-15(17)14(9-12)16(20)21-2/h5-6,9,11,13H,3-4,7-8,10,17H2,1-2H3. The Hall–Kier alpha value is -1.75. The smallest absolute Gasteiger partial charge is 0.340 e. The van der Waals surface area contributed by atoms with Crippen LogP contribution in [0.2, 0.25) is 0 Å². The van der Waals surface area contributed by atoms with Gasteiger partial charge in [-0.25, -0.2) is 4.79 Å². The number of nitrogens with zero attached hydrogens (tertiary/aromatic N) is 2. The fraction of sp³-hybridized carbons (Fsp3) is 0.562. The maximum absolute atomic E-state index is 11.8. The Morgan fingerprint density at radius 1 is 1.29 bits per heavy atom. The Kier molecular flexibility index (Phi) is 3.76. The van der Waals surface area contributed by atoms with Crippen molar-refractivity contribution in [2.75, 3.05) is 37.9 Å². The average molecular weight is 289 g/mol. The first-order valence-corrected chi connectivity index (χ1v) is 7.55. The number of hydrogen-bond donors (Lipinski definition) is 1. The van der Waals surface area contributed by atoms with Crippen LogP contribution in [0.3, 0.4) is 0 Å². The first kappa shape index (κ1) is 14.2.